The molecule has 268 valence electrons. The Morgan fingerprint density at radius 3 is 0.760 bits per heavy atom. The van der Waals surface area contributed by atoms with Crippen LogP contribution in [0.2, 0.25) is 0 Å². The Labute approximate surface area is 306 Å². The van der Waals surface area contributed by atoms with Gasteiger partial charge in [-0.05, 0) is 83.1 Å². The van der Waals surface area contributed by atoms with Crippen LogP contribution in [0.25, 0.3) is 0 Å². The highest BCUT2D eigenvalue weighted by atomic mass is 31.2. The molecule has 50 heavy (non-hydrogen) atoms. The summed E-state index contributed by atoms with van der Waals surface area (Å²) in [6, 6.07) is 47.0. The maximum atomic E-state index is 4.67. The van der Waals surface area contributed by atoms with Crippen molar-refractivity contribution in [3.05, 3.63) is 121 Å². The van der Waals surface area contributed by atoms with Crippen molar-refractivity contribution in [3.8, 4) is 0 Å². The predicted molar refractivity (Wildman–Crippen MR) is 231 cm³/mol. The summed E-state index contributed by atoms with van der Waals surface area (Å²) in [4.78, 5) is 0. The summed E-state index contributed by atoms with van der Waals surface area (Å²) in [5, 5.41) is 14.7. The first-order chi connectivity index (χ1) is 23.8. The molecule has 0 bridgehead atoms. The van der Waals surface area contributed by atoms with Crippen molar-refractivity contribution in [2.75, 3.05) is 0 Å². The Morgan fingerprint density at radius 1 is 0.360 bits per heavy atom. The van der Waals surface area contributed by atoms with Crippen LogP contribution in [-0.4, -0.2) is 60.6 Å². The Bertz CT molecular complexity index is 1620. The monoisotopic (exact) mass is 725 g/mol. The lowest BCUT2D eigenvalue weighted by Gasteiger charge is -2.44. The molecule has 0 N–H and O–H groups in total. The lowest BCUT2D eigenvalue weighted by atomic mass is 10.3. The second kappa shape index (κ2) is 17.8. The first-order valence-corrected chi connectivity index (χ1v) is 23.3. The maximum Gasteiger partial charge on any atom is 0.0564 e. The van der Waals surface area contributed by atoms with E-state index in [1.54, 1.807) is 0 Å². The van der Waals surface area contributed by atoms with Gasteiger partial charge in [-0.2, -0.15) is 0 Å². The molecule has 0 aliphatic carbocycles. The predicted octanol–water partition coefficient (Wildman–Crippen LogP) is 10.2. The molecule has 4 aromatic rings. The minimum atomic E-state index is -2.45. The van der Waals surface area contributed by atoms with Crippen LogP contribution in [0.1, 0.15) is 83.1 Å². The molecule has 6 heteroatoms. The van der Waals surface area contributed by atoms with Crippen LogP contribution < -0.4 is 21.2 Å². The fraction of sp³-hybridized carbons (Fsp3) is 0.409. The molecule has 0 saturated carbocycles. The van der Waals surface area contributed by atoms with Gasteiger partial charge >= 0.3 is 0 Å². The molecule has 0 saturated heterocycles. The molecule has 4 rings (SSSR count). The summed E-state index contributed by atoms with van der Waals surface area (Å²) < 4.78 is 8.32. The van der Waals surface area contributed by atoms with Crippen molar-refractivity contribution >= 4 is 53.0 Å². The number of benzene rings is 4. The lowest BCUT2D eigenvalue weighted by molar-refractivity contribution is 0.326. The third-order valence-electron chi connectivity index (χ3n) is 9.10. The summed E-state index contributed by atoms with van der Waals surface area (Å²) in [5.74, 6) is 0. The minimum Gasteiger partial charge on any atom is -0.265 e. The highest BCUT2D eigenvalue weighted by Crippen LogP contribution is 2.55. The second-order valence-electron chi connectivity index (χ2n) is 14.8. The Hall–Kier alpha value is -2.52. The van der Waals surface area contributed by atoms with E-state index >= 15 is 0 Å². The molecule has 0 amide bonds. The van der Waals surface area contributed by atoms with Gasteiger partial charge in [0.15, 0.2) is 0 Å². The Morgan fingerprint density at radius 2 is 0.580 bits per heavy atom. The highest BCUT2D eigenvalue weighted by molar-refractivity contribution is 7.95. The van der Waals surface area contributed by atoms with Crippen molar-refractivity contribution in [1.29, 1.82) is 0 Å². The largest absolute Gasteiger partial charge is 0.265 e. The fourth-order valence-corrected chi connectivity index (χ4v) is 21.8. The summed E-state index contributed by atoms with van der Waals surface area (Å²) in [7, 11) is -6.09. The van der Waals surface area contributed by atoms with E-state index in [9.17, 15) is 0 Å². The molecule has 3 nitrogen and oxygen atoms in total. The molecular formula is C44H62N3P3. The number of rotatable bonds is 13. The third kappa shape index (κ3) is 8.40. The van der Waals surface area contributed by atoms with Crippen LogP contribution in [0.15, 0.2) is 121 Å². The van der Waals surface area contributed by atoms with Crippen LogP contribution in [0, 0.1) is 0 Å². The first kappa shape index (κ1) is 40.3. The Balaban J connectivity index is 2.68. The third-order valence-corrected chi connectivity index (χ3v) is 21.7. The van der Waals surface area contributed by atoms with Crippen molar-refractivity contribution < 1.29 is 0 Å². The average Bonchev–Trinajstić information content (AvgIpc) is 3.08. The van der Waals surface area contributed by atoms with Gasteiger partial charge in [0.2, 0.25) is 0 Å². The van der Waals surface area contributed by atoms with E-state index in [1.165, 1.54) is 21.2 Å². The van der Waals surface area contributed by atoms with E-state index in [0.717, 1.165) is 0 Å². The first-order valence-electron chi connectivity index (χ1n) is 18.5. The van der Waals surface area contributed by atoms with Crippen LogP contribution in [0.5, 0.6) is 0 Å². The van der Waals surface area contributed by atoms with Crippen molar-refractivity contribution in [3.63, 3.8) is 0 Å². The number of hydrogen-bond donors (Lipinski definition) is 0. The highest BCUT2D eigenvalue weighted by Gasteiger charge is 2.36. The number of nitrogens with zero attached hydrogens (tertiary/aromatic N) is 3. The molecule has 0 heterocycles. The van der Waals surface area contributed by atoms with E-state index in [1.807, 2.05) is 0 Å². The zero-order valence-corrected chi connectivity index (χ0v) is 35.4. The molecule has 0 atom stereocenters. The van der Waals surface area contributed by atoms with Crippen LogP contribution in [-0.2, 0) is 0 Å². The van der Waals surface area contributed by atoms with Crippen LogP contribution >= 0.6 is 21.4 Å². The summed E-state index contributed by atoms with van der Waals surface area (Å²) in [5.41, 5.74) is 0. The van der Waals surface area contributed by atoms with Gasteiger partial charge in [0.05, 0.1) is 14.1 Å². The SMILES string of the molecule is CC(C)N(C(C)C)P(=C=P(c1ccccc1)(c1ccccc1)N(C(C)C)C(C)C)=C=P(c1ccccc1)(c1ccccc1)N(C(C)C)C(C)C. The summed E-state index contributed by atoms with van der Waals surface area (Å²) in [6.45, 7) is 28.4. The zero-order chi connectivity index (χ0) is 36.6. The smallest absolute Gasteiger partial charge is 0.0564 e. The van der Waals surface area contributed by atoms with Gasteiger partial charge in [0.25, 0.3) is 0 Å². The molecule has 0 unspecified atom stereocenters. The maximum absolute atomic E-state index is 4.67. The minimum absolute atomic E-state index is 0.293. The van der Waals surface area contributed by atoms with E-state index in [0.29, 0.717) is 36.3 Å². The van der Waals surface area contributed by atoms with E-state index in [4.69, 9.17) is 0 Å². The normalized spacial score (nSPS) is 13.0. The van der Waals surface area contributed by atoms with Gasteiger partial charge in [-0.25, -0.2) is 4.67 Å². The van der Waals surface area contributed by atoms with Crippen LogP contribution in [0.3, 0.4) is 0 Å². The number of hydrogen-bond acceptors (Lipinski definition) is 3. The molecule has 0 radical (unpaired) electrons. The zero-order valence-electron chi connectivity index (χ0n) is 32.7. The van der Waals surface area contributed by atoms with Gasteiger partial charge < -0.3 is 0 Å². The molecule has 0 aromatic heterocycles. The van der Waals surface area contributed by atoms with E-state index in [2.05, 4.69) is 229 Å². The van der Waals surface area contributed by atoms with Gasteiger partial charge in [-0.1, -0.05) is 132 Å². The Kier molecular flexibility index (Phi) is 14.3. The molecule has 0 fully saturated rings. The molecule has 0 aliphatic heterocycles. The van der Waals surface area contributed by atoms with Crippen molar-refractivity contribution in [2.24, 2.45) is 0 Å². The molecular weight excluding hydrogens is 663 g/mol. The van der Waals surface area contributed by atoms with Crippen molar-refractivity contribution in [1.82, 2.24) is 14.0 Å². The van der Waals surface area contributed by atoms with Gasteiger partial charge in [0.1, 0.15) is 0 Å². The second-order valence-corrected chi connectivity index (χ2v) is 23.0. The molecule has 4 aromatic carbocycles. The quantitative estimate of drug-likeness (QED) is 0.127. The summed E-state index contributed by atoms with van der Waals surface area (Å²) in [6.07, 6.45) is 0. The fourth-order valence-electron chi connectivity index (χ4n) is 7.78. The summed E-state index contributed by atoms with van der Waals surface area (Å²) >= 11 is 0. The van der Waals surface area contributed by atoms with Crippen molar-refractivity contribution in [2.45, 2.75) is 119 Å². The van der Waals surface area contributed by atoms with E-state index in [-0.39, 0.29) is 0 Å². The lowest BCUT2D eigenvalue weighted by Crippen LogP contribution is -2.42. The van der Waals surface area contributed by atoms with Gasteiger partial charge in [-0.3, -0.25) is 9.34 Å². The van der Waals surface area contributed by atoms with Gasteiger partial charge in [-0.15, -0.1) is 0 Å². The molecule has 0 spiro atoms. The van der Waals surface area contributed by atoms with E-state index < -0.39 is 21.4 Å². The van der Waals surface area contributed by atoms with Crippen LogP contribution in [0.4, 0.5) is 0 Å². The average molecular weight is 726 g/mol. The standard InChI is InChI=1S/C44H62N3P3/c1-35(2)45(36(3)4)48(33-49(41-25-17-13-18-26-41,42-27-19-14-20-28-42)46(37(5)6)38(7)8)34-50(43-29-21-15-22-30-43,44-31-23-16-24-32-44)47(39(9)10)40(11)12/h13-32,35-40H,1-12H3. The topological polar surface area (TPSA) is 9.72 Å². The molecule has 0 aliphatic rings. The van der Waals surface area contributed by atoms with Gasteiger partial charge in [0, 0.05) is 64.8 Å².